The Morgan fingerprint density at radius 3 is 2.68 bits per heavy atom. The number of likely N-dealkylation sites (tertiary alicyclic amines) is 1. The molecule has 1 aliphatic rings. The maximum absolute atomic E-state index is 12.4. The first-order valence-electron chi connectivity index (χ1n) is 8.59. The number of rotatable bonds is 6. The van der Waals surface area contributed by atoms with Crippen LogP contribution in [0, 0.1) is 0 Å². The summed E-state index contributed by atoms with van der Waals surface area (Å²) in [5, 5.41) is 3.74. The zero-order valence-corrected chi connectivity index (χ0v) is 15.1. The minimum Gasteiger partial charge on any atom is -0.481 e. The third-order valence-corrected chi connectivity index (χ3v) is 4.62. The molecule has 0 saturated carbocycles. The van der Waals surface area contributed by atoms with E-state index in [1.807, 2.05) is 6.07 Å². The maximum atomic E-state index is 12.4. The van der Waals surface area contributed by atoms with E-state index >= 15 is 0 Å². The second-order valence-electron chi connectivity index (χ2n) is 6.43. The lowest BCUT2D eigenvalue weighted by Crippen LogP contribution is -2.43. The number of benzene rings is 2. The van der Waals surface area contributed by atoms with Gasteiger partial charge in [0.05, 0.1) is 0 Å². The molecular formula is C20H23ClN2O2. The molecule has 0 aromatic heterocycles. The van der Waals surface area contributed by atoms with E-state index in [0.717, 1.165) is 26.1 Å². The fourth-order valence-electron chi connectivity index (χ4n) is 3.03. The van der Waals surface area contributed by atoms with Gasteiger partial charge in [-0.25, -0.2) is 0 Å². The smallest absolute Gasteiger partial charge is 0.261 e. The largest absolute Gasteiger partial charge is 0.481 e. The van der Waals surface area contributed by atoms with Crippen molar-refractivity contribution < 1.29 is 9.53 Å². The number of halogens is 1. The average Bonchev–Trinajstić information content (AvgIpc) is 3.04. The van der Waals surface area contributed by atoms with Gasteiger partial charge in [0, 0.05) is 30.7 Å². The number of hydrogen-bond acceptors (Lipinski definition) is 3. The first-order valence-corrected chi connectivity index (χ1v) is 8.97. The quantitative estimate of drug-likeness (QED) is 0.859. The first-order chi connectivity index (χ1) is 12.1. The fraction of sp³-hybridized carbons (Fsp3) is 0.350. The molecule has 2 atom stereocenters. The lowest BCUT2D eigenvalue weighted by Gasteiger charge is -2.19. The van der Waals surface area contributed by atoms with E-state index in [9.17, 15) is 4.79 Å². The Hall–Kier alpha value is -2.04. The molecular weight excluding hydrogens is 336 g/mol. The molecule has 4 nitrogen and oxygen atoms in total. The molecule has 1 saturated heterocycles. The van der Waals surface area contributed by atoms with Gasteiger partial charge in [0.2, 0.25) is 0 Å². The molecule has 1 fully saturated rings. The molecule has 5 heteroatoms. The number of nitrogens with zero attached hydrogens (tertiary/aromatic N) is 1. The Morgan fingerprint density at radius 1 is 1.24 bits per heavy atom. The van der Waals surface area contributed by atoms with Crippen molar-refractivity contribution in [3.63, 3.8) is 0 Å². The molecule has 1 aliphatic heterocycles. The third kappa shape index (κ3) is 5.21. The van der Waals surface area contributed by atoms with Crippen LogP contribution in [-0.4, -0.2) is 36.0 Å². The molecule has 1 heterocycles. The van der Waals surface area contributed by atoms with Crippen LogP contribution < -0.4 is 10.1 Å². The number of carbonyl (C=O) groups is 1. The normalized spacial score (nSPS) is 18.7. The van der Waals surface area contributed by atoms with Crippen molar-refractivity contribution >= 4 is 17.5 Å². The number of nitrogens with one attached hydrogen (secondary N) is 1. The Kier molecular flexibility index (Phi) is 5.95. The summed E-state index contributed by atoms with van der Waals surface area (Å²) in [6.45, 7) is 4.55. The van der Waals surface area contributed by atoms with E-state index in [0.29, 0.717) is 10.8 Å². The van der Waals surface area contributed by atoms with Gasteiger partial charge in [0.1, 0.15) is 5.75 Å². The Morgan fingerprint density at radius 2 is 1.96 bits per heavy atom. The lowest BCUT2D eigenvalue weighted by molar-refractivity contribution is -0.127. The van der Waals surface area contributed by atoms with Crippen molar-refractivity contribution in [2.75, 3.05) is 13.1 Å². The summed E-state index contributed by atoms with van der Waals surface area (Å²) in [5.74, 6) is 0.561. The number of hydrogen-bond donors (Lipinski definition) is 1. The van der Waals surface area contributed by atoms with Gasteiger partial charge in [-0.05, 0) is 43.2 Å². The molecule has 0 bridgehead atoms. The zero-order chi connectivity index (χ0) is 17.6. The highest BCUT2D eigenvalue weighted by Gasteiger charge is 2.26. The van der Waals surface area contributed by atoms with E-state index in [1.54, 1.807) is 31.2 Å². The minimum atomic E-state index is -0.538. The predicted octanol–water partition coefficient (Wildman–Crippen LogP) is 3.50. The van der Waals surface area contributed by atoms with Crippen LogP contribution in [0.25, 0.3) is 0 Å². The second-order valence-corrected chi connectivity index (χ2v) is 6.87. The number of amides is 1. The highest BCUT2D eigenvalue weighted by atomic mass is 35.5. The molecule has 1 N–H and O–H groups in total. The molecule has 2 unspecified atom stereocenters. The van der Waals surface area contributed by atoms with Crippen molar-refractivity contribution in [2.24, 2.45) is 0 Å². The van der Waals surface area contributed by atoms with Crippen LogP contribution in [0.15, 0.2) is 54.6 Å². The van der Waals surface area contributed by atoms with Crippen LogP contribution in [0.5, 0.6) is 5.75 Å². The topological polar surface area (TPSA) is 41.6 Å². The Labute approximate surface area is 153 Å². The standard InChI is InChI=1S/C20H23ClN2O2/c1-15(25-19-9-7-17(21)8-10-19)20(24)22-18-11-12-23(14-18)13-16-5-3-2-4-6-16/h2-10,15,18H,11-14H2,1H3,(H,22,24). The molecule has 3 rings (SSSR count). The van der Waals surface area contributed by atoms with E-state index in [4.69, 9.17) is 16.3 Å². The van der Waals surface area contributed by atoms with E-state index < -0.39 is 6.10 Å². The molecule has 1 amide bonds. The van der Waals surface area contributed by atoms with E-state index in [2.05, 4.69) is 34.5 Å². The summed E-state index contributed by atoms with van der Waals surface area (Å²) in [4.78, 5) is 14.7. The van der Waals surface area contributed by atoms with Gasteiger partial charge in [0.25, 0.3) is 5.91 Å². The van der Waals surface area contributed by atoms with Crippen LogP contribution in [0.4, 0.5) is 0 Å². The second kappa shape index (κ2) is 8.37. The predicted molar refractivity (Wildman–Crippen MR) is 99.8 cm³/mol. The van der Waals surface area contributed by atoms with Gasteiger partial charge in [-0.1, -0.05) is 41.9 Å². The SMILES string of the molecule is CC(Oc1ccc(Cl)cc1)C(=O)NC1CCN(Cc2ccccc2)C1. The van der Waals surface area contributed by atoms with Gasteiger partial charge < -0.3 is 10.1 Å². The summed E-state index contributed by atoms with van der Waals surface area (Å²) < 4.78 is 5.68. The van der Waals surface area contributed by atoms with Crippen molar-refractivity contribution in [1.29, 1.82) is 0 Å². The highest BCUT2D eigenvalue weighted by Crippen LogP contribution is 2.17. The molecule has 2 aromatic carbocycles. The van der Waals surface area contributed by atoms with Crippen LogP contribution in [-0.2, 0) is 11.3 Å². The van der Waals surface area contributed by atoms with Gasteiger partial charge >= 0.3 is 0 Å². The molecule has 0 aliphatic carbocycles. The van der Waals surface area contributed by atoms with Crippen molar-refractivity contribution in [1.82, 2.24) is 10.2 Å². The van der Waals surface area contributed by atoms with Crippen molar-refractivity contribution in [3.05, 3.63) is 65.2 Å². The first kappa shape index (κ1) is 17.8. The van der Waals surface area contributed by atoms with Crippen molar-refractivity contribution in [3.8, 4) is 5.75 Å². The van der Waals surface area contributed by atoms with Gasteiger partial charge in [-0.2, -0.15) is 0 Å². The van der Waals surface area contributed by atoms with Gasteiger partial charge in [0.15, 0.2) is 6.10 Å². The number of ether oxygens (including phenoxy) is 1. The third-order valence-electron chi connectivity index (χ3n) is 4.36. The van der Waals surface area contributed by atoms with Crippen molar-refractivity contribution in [2.45, 2.75) is 32.0 Å². The monoisotopic (exact) mass is 358 g/mol. The maximum Gasteiger partial charge on any atom is 0.261 e. The minimum absolute atomic E-state index is 0.0819. The zero-order valence-electron chi connectivity index (χ0n) is 14.3. The van der Waals surface area contributed by atoms with Crippen LogP contribution >= 0.6 is 11.6 Å². The molecule has 0 radical (unpaired) electrons. The number of carbonyl (C=O) groups excluding carboxylic acids is 1. The lowest BCUT2D eigenvalue weighted by atomic mass is 10.2. The fourth-order valence-corrected chi connectivity index (χ4v) is 3.15. The van der Waals surface area contributed by atoms with E-state index in [-0.39, 0.29) is 11.9 Å². The molecule has 2 aromatic rings. The van der Waals surface area contributed by atoms with Gasteiger partial charge in [-0.3, -0.25) is 9.69 Å². The molecule has 0 spiro atoms. The summed E-state index contributed by atoms with van der Waals surface area (Å²) in [7, 11) is 0. The Balaban J connectivity index is 1.45. The summed E-state index contributed by atoms with van der Waals surface area (Å²) in [6.07, 6.45) is 0.427. The van der Waals surface area contributed by atoms with Crippen LogP contribution in [0.2, 0.25) is 5.02 Å². The van der Waals surface area contributed by atoms with Gasteiger partial charge in [-0.15, -0.1) is 0 Å². The molecule has 132 valence electrons. The van der Waals surface area contributed by atoms with Crippen LogP contribution in [0.3, 0.4) is 0 Å². The van der Waals surface area contributed by atoms with Crippen LogP contribution in [0.1, 0.15) is 18.9 Å². The summed E-state index contributed by atoms with van der Waals surface area (Å²) >= 11 is 5.86. The summed E-state index contributed by atoms with van der Waals surface area (Å²) in [6, 6.07) is 17.6. The molecule has 25 heavy (non-hydrogen) atoms. The average molecular weight is 359 g/mol. The Bertz CT molecular complexity index is 691. The highest BCUT2D eigenvalue weighted by molar-refractivity contribution is 6.30. The summed E-state index contributed by atoms with van der Waals surface area (Å²) in [5.41, 5.74) is 1.30. The van der Waals surface area contributed by atoms with E-state index in [1.165, 1.54) is 5.56 Å².